The summed E-state index contributed by atoms with van der Waals surface area (Å²) in [4.78, 5) is 2.02. The Hall–Kier alpha value is -0.980. The molecule has 0 radical (unpaired) electrons. The summed E-state index contributed by atoms with van der Waals surface area (Å²) in [7, 11) is -1.67. The lowest BCUT2D eigenvalue weighted by molar-refractivity contribution is 0.281. The summed E-state index contributed by atoms with van der Waals surface area (Å²) in [5.74, 6) is -0.341. The van der Waals surface area contributed by atoms with E-state index in [1.165, 1.54) is 16.4 Å². The Morgan fingerprint density at radius 3 is 2.77 bits per heavy atom. The van der Waals surface area contributed by atoms with Gasteiger partial charge in [0.15, 0.2) is 0 Å². The molecule has 1 unspecified atom stereocenters. The second kappa shape index (κ2) is 7.06. The van der Waals surface area contributed by atoms with Crippen LogP contribution in [0.3, 0.4) is 0 Å². The summed E-state index contributed by atoms with van der Waals surface area (Å²) < 4.78 is 40.6. The highest BCUT2D eigenvalue weighted by molar-refractivity contribution is 7.89. The van der Waals surface area contributed by atoms with Crippen LogP contribution >= 0.6 is 0 Å². The average molecular weight is 328 g/mol. The number of aryl methyl sites for hydroxylation is 1. The molecule has 22 heavy (non-hydrogen) atoms. The second-order valence-corrected chi connectivity index (χ2v) is 8.12. The van der Waals surface area contributed by atoms with Gasteiger partial charge in [-0.2, -0.15) is 4.31 Å². The molecule has 0 amide bonds. The van der Waals surface area contributed by atoms with Crippen LogP contribution in [-0.2, 0) is 10.0 Å². The molecular formula is C16H25FN2O2S. The zero-order valence-corrected chi connectivity index (χ0v) is 14.4. The Morgan fingerprint density at radius 2 is 2.14 bits per heavy atom. The summed E-state index contributed by atoms with van der Waals surface area (Å²) >= 11 is 0. The molecule has 1 aromatic rings. The van der Waals surface area contributed by atoms with Crippen molar-refractivity contribution >= 4 is 10.0 Å². The molecule has 0 saturated carbocycles. The van der Waals surface area contributed by atoms with E-state index in [0.29, 0.717) is 19.0 Å². The van der Waals surface area contributed by atoms with Gasteiger partial charge >= 0.3 is 0 Å². The minimum Gasteiger partial charge on any atom is -0.306 e. The van der Waals surface area contributed by atoms with Gasteiger partial charge in [0, 0.05) is 19.6 Å². The topological polar surface area (TPSA) is 40.6 Å². The maximum atomic E-state index is 14.0. The molecule has 0 aromatic heterocycles. The van der Waals surface area contributed by atoms with Crippen LogP contribution in [0.15, 0.2) is 23.1 Å². The maximum absolute atomic E-state index is 14.0. The number of nitrogens with zero attached hydrogens (tertiary/aromatic N) is 2. The average Bonchev–Trinajstić information content (AvgIpc) is 2.87. The van der Waals surface area contributed by atoms with Crippen LogP contribution in [0.25, 0.3) is 0 Å². The molecule has 1 aliphatic rings. The van der Waals surface area contributed by atoms with Gasteiger partial charge in [-0.1, -0.05) is 13.0 Å². The van der Waals surface area contributed by atoms with Crippen molar-refractivity contribution in [3.63, 3.8) is 0 Å². The predicted octanol–water partition coefficient (Wildman–Crippen LogP) is 2.49. The molecule has 1 saturated heterocycles. The fraction of sp³-hybridized carbons (Fsp3) is 0.625. The van der Waals surface area contributed by atoms with Crippen molar-refractivity contribution in [2.24, 2.45) is 5.92 Å². The van der Waals surface area contributed by atoms with E-state index in [9.17, 15) is 12.8 Å². The second-order valence-electron chi connectivity index (χ2n) is 6.21. The van der Waals surface area contributed by atoms with Gasteiger partial charge in [-0.05, 0) is 57.0 Å². The van der Waals surface area contributed by atoms with Gasteiger partial charge in [-0.15, -0.1) is 0 Å². The fourth-order valence-corrected chi connectivity index (χ4v) is 4.61. The van der Waals surface area contributed by atoms with Crippen molar-refractivity contribution in [1.82, 2.24) is 9.21 Å². The van der Waals surface area contributed by atoms with Crippen molar-refractivity contribution in [1.29, 1.82) is 0 Å². The van der Waals surface area contributed by atoms with Gasteiger partial charge in [0.05, 0.1) is 0 Å². The fourth-order valence-electron chi connectivity index (χ4n) is 3.03. The van der Waals surface area contributed by atoms with Crippen molar-refractivity contribution in [3.05, 3.63) is 29.6 Å². The molecule has 0 bridgehead atoms. The van der Waals surface area contributed by atoms with E-state index >= 15 is 0 Å². The van der Waals surface area contributed by atoms with E-state index in [-0.39, 0.29) is 4.90 Å². The minimum absolute atomic E-state index is 0.208. The normalized spacial score (nSPS) is 20.0. The molecule has 1 aromatic carbocycles. The Kier molecular flexibility index (Phi) is 5.58. The van der Waals surface area contributed by atoms with E-state index in [1.807, 2.05) is 0 Å². The number of rotatable bonds is 6. The zero-order chi connectivity index (χ0) is 16.3. The molecule has 6 heteroatoms. The number of halogens is 1. The third-order valence-corrected chi connectivity index (χ3v) is 6.03. The summed E-state index contributed by atoms with van der Waals surface area (Å²) in [5, 5.41) is 0. The van der Waals surface area contributed by atoms with Crippen LogP contribution in [0.2, 0.25) is 0 Å². The number of hydrogen-bond donors (Lipinski definition) is 0. The molecule has 1 aliphatic heterocycles. The third kappa shape index (κ3) is 3.86. The summed E-state index contributed by atoms with van der Waals surface area (Å²) in [6.07, 6.45) is 1.92. The zero-order valence-electron chi connectivity index (χ0n) is 13.5. The van der Waals surface area contributed by atoms with Crippen LogP contribution in [0.4, 0.5) is 4.39 Å². The Morgan fingerprint density at radius 1 is 1.41 bits per heavy atom. The van der Waals surface area contributed by atoms with E-state index in [2.05, 4.69) is 18.9 Å². The molecular weight excluding hydrogens is 303 g/mol. The van der Waals surface area contributed by atoms with Gasteiger partial charge in [0.1, 0.15) is 10.7 Å². The standard InChI is InChI=1S/C16H25FN2O2S/c1-4-8-18(3)11-14-7-9-19(12-14)22(20,21)16-6-5-13(2)10-15(16)17/h5-6,10,14H,4,7-9,11-12H2,1-3H3. The van der Waals surface area contributed by atoms with Crippen LogP contribution < -0.4 is 0 Å². The van der Waals surface area contributed by atoms with E-state index in [4.69, 9.17) is 0 Å². The van der Waals surface area contributed by atoms with Gasteiger partial charge in [-0.3, -0.25) is 0 Å². The highest BCUT2D eigenvalue weighted by atomic mass is 32.2. The lowest BCUT2D eigenvalue weighted by Crippen LogP contribution is -2.32. The minimum atomic E-state index is -3.73. The molecule has 1 fully saturated rings. The van der Waals surface area contributed by atoms with Crippen molar-refractivity contribution < 1.29 is 12.8 Å². The monoisotopic (exact) mass is 328 g/mol. The third-order valence-electron chi connectivity index (χ3n) is 4.13. The van der Waals surface area contributed by atoms with Crippen molar-refractivity contribution in [3.8, 4) is 0 Å². The van der Waals surface area contributed by atoms with E-state index in [1.54, 1.807) is 13.0 Å². The molecule has 1 heterocycles. The first kappa shape index (κ1) is 17.4. The summed E-state index contributed by atoms with van der Waals surface area (Å²) in [6.45, 7) is 6.72. The number of hydrogen-bond acceptors (Lipinski definition) is 3. The molecule has 124 valence electrons. The van der Waals surface area contributed by atoms with Gasteiger partial charge in [0.25, 0.3) is 0 Å². The molecule has 0 spiro atoms. The first-order chi connectivity index (χ1) is 10.3. The van der Waals surface area contributed by atoms with Crippen LogP contribution in [0.5, 0.6) is 0 Å². The molecule has 4 nitrogen and oxygen atoms in total. The Labute approximate surface area is 133 Å². The van der Waals surface area contributed by atoms with Gasteiger partial charge in [0.2, 0.25) is 10.0 Å². The number of benzene rings is 1. The quantitative estimate of drug-likeness (QED) is 0.805. The van der Waals surface area contributed by atoms with Gasteiger partial charge in [-0.25, -0.2) is 12.8 Å². The van der Waals surface area contributed by atoms with Crippen LogP contribution in [0.1, 0.15) is 25.3 Å². The molecule has 0 N–H and O–H groups in total. The lowest BCUT2D eigenvalue weighted by Gasteiger charge is -2.21. The summed E-state index contributed by atoms with van der Waals surface area (Å²) in [5.41, 5.74) is 0.719. The van der Waals surface area contributed by atoms with E-state index < -0.39 is 15.8 Å². The molecule has 0 aliphatic carbocycles. The van der Waals surface area contributed by atoms with E-state index in [0.717, 1.165) is 31.5 Å². The SMILES string of the molecule is CCCN(C)CC1CCN(S(=O)(=O)c2ccc(C)cc2F)C1. The smallest absolute Gasteiger partial charge is 0.245 e. The largest absolute Gasteiger partial charge is 0.306 e. The molecule has 1 atom stereocenters. The Balaban J connectivity index is 2.08. The van der Waals surface area contributed by atoms with Crippen LogP contribution in [0, 0.1) is 18.7 Å². The lowest BCUT2D eigenvalue weighted by atomic mass is 10.1. The first-order valence-corrected chi connectivity index (χ1v) is 9.23. The van der Waals surface area contributed by atoms with Crippen LogP contribution in [-0.4, -0.2) is 50.8 Å². The summed E-state index contributed by atoms with van der Waals surface area (Å²) in [6, 6.07) is 4.28. The molecule has 2 rings (SSSR count). The predicted molar refractivity (Wildman–Crippen MR) is 85.8 cm³/mol. The highest BCUT2D eigenvalue weighted by Crippen LogP contribution is 2.26. The Bertz CT molecular complexity index is 619. The number of sulfonamides is 1. The first-order valence-electron chi connectivity index (χ1n) is 7.79. The van der Waals surface area contributed by atoms with Crippen molar-refractivity contribution in [2.75, 3.05) is 33.2 Å². The maximum Gasteiger partial charge on any atom is 0.245 e. The van der Waals surface area contributed by atoms with Crippen molar-refractivity contribution in [2.45, 2.75) is 31.6 Å². The van der Waals surface area contributed by atoms with Gasteiger partial charge < -0.3 is 4.90 Å². The highest BCUT2D eigenvalue weighted by Gasteiger charge is 2.34.